The fraction of sp³-hybridized carbons (Fsp3) is 0.467. The average molecular weight is 273 g/mol. The molecule has 0 atom stereocenters. The molecule has 106 valence electrons. The van der Waals surface area contributed by atoms with Gasteiger partial charge in [0.1, 0.15) is 0 Å². The topological polar surface area (TPSA) is 61.4 Å². The molecule has 2 amide bonds. The Balaban J connectivity index is 1.75. The maximum absolute atomic E-state index is 12.5. The molecule has 0 aliphatic carbocycles. The number of carbonyl (C=O) groups is 2. The number of piperidine rings is 1. The number of hydrogen-bond acceptors (Lipinski definition) is 3. The van der Waals surface area contributed by atoms with Gasteiger partial charge in [-0.05, 0) is 37.6 Å². The maximum atomic E-state index is 12.5. The highest BCUT2D eigenvalue weighted by Gasteiger charge is 2.25. The summed E-state index contributed by atoms with van der Waals surface area (Å²) in [6.45, 7) is 2.11. The molecule has 2 heterocycles. The number of nitrogens with zero attached hydrogens (tertiary/aromatic N) is 1. The second-order valence-electron chi connectivity index (χ2n) is 5.41. The number of likely N-dealkylation sites (tertiary alicyclic amines) is 1. The summed E-state index contributed by atoms with van der Waals surface area (Å²) < 4.78 is 0. The van der Waals surface area contributed by atoms with Gasteiger partial charge in [0.15, 0.2) is 0 Å². The fourth-order valence-corrected chi connectivity index (χ4v) is 2.90. The van der Waals surface area contributed by atoms with E-state index < -0.39 is 0 Å². The molecule has 20 heavy (non-hydrogen) atoms. The molecule has 0 unspecified atom stereocenters. The fourth-order valence-electron chi connectivity index (χ4n) is 2.90. The number of hydrogen-bond donors (Lipinski definition) is 2. The van der Waals surface area contributed by atoms with Crippen molar-refractivity contribution < 1.29 is 9.59 Å². The van der Waals surface area contributed by atoms with Gasteiger partial charge in [0.05, 0.1) is 0 Å². The summed E-state index contributed by atoms with van der Waals surface area (Å²) in [6.07, 6.45) is 1.96. The van der Waals surface area contributed by atoms with Crippen LogP contribution in [0.4, 0.5) is 0 Å². The molecule has 0 spiro atoms. The largest absolute Gasteiger partial charge is 0.348 e. The van der Waals surface area contributed by atoms with Crippen molar-refractivity contribution in [2.45, 2.75) is 25.4 Å². The lowest BCUT2D eigenvalue weighted by Gasteiger charge is -2.31. The molecule has 2 aliphatic heterocycles. The van der Waals surface area contributed by atoms with Gasteiger partial charge >= 0.3 is 0 Å². The predicted molar refractivity (Wildman–Crippen MR) is 75.6 cm³/mol. The normalized spacial score (nSPS) is 18.9. The second-order valence-corrected chi connectivity index (χ2v) is 5.41. The van der Waals surface area contributed by atoms with Gasteiger partial charge in [-0.1, -0.05) is 6.07 Å². The lowest BCUT2D eigenvalue weighted by atomic mass is 10.0. The van der Waals surface area contributed by atoms with Crippen LogP contribution in [-0.2, 0) is 6.54 Å². The van der Waals surface area contributed by atoms with Crippen LogP contribution in [-0.4, -0.2) is 42.9 Å². The molecule has 1 aromatic rings. The van der Waals surface area contributed by atoms with Crippen molar-refractivity contribution in [2.75, 3.05) is 20.1 Å². The first-order valence-electron chi connectivity index (χ1n) is 7.06. The summed E-state index contributed by atoms with van der Waals surface area (Å²) in [6, 6.07) is 5.93. The molecule has 0 radical (unpaired) electrons. The van der Waals surface area contributed by atoms with Crippen molar-refractivity contribution >= 4 is 11.8 Å². The first-order valence-corrected chi connectivity index (χ1v) is 7.06. The van der Waals surface area contributed by atoms with Crippen LogP contribution in [0.2, 0.25) is 0 Å². The zero-order valence-corrected chi connectivity index (χ0v) is 11.6. The van der Waals surface area contributed by atoms with Crippen molar-refractivity contribution in [2.24, 2.45) is 0 Å². The minimum absolute atomic E-state index is 0.0297. The van der Waals surface area contributed by atoms with Gasteiger partial charge in [0.25, 0.3) is 11.8 Å². The van der Waals surface area contributed by atoms with Crippen molar-refractivity contribution in [3.05, 3.63) is 34.9 Å². The SMILES string of the molecule is CNC1CCN(C(=O)c2ccc3c(c2)C(=O)NC3)CC1. The van der Waals surface area contributed by atoms with Crippen LogP contribution in [0.25, 0.3) is 0 Å². The molecule has 2 N–H and O–H groups in total. The lowest BCUT2D eigenvalue weighted by Crippen LogP contribution is -2.44. The first-order chi connectivity index (χ1) is 9.69. The second kappa shape index (κ2) is 5.25. The number of carbonyl (C=O) groups excluding carboxylic acids is 2. The van der Waals surface area contributed by atoms with Crippen LogP contribution in [0.15, 0.2) is 18.2 Å². The van der Waals surface area contributed by atoms with E-state index in [9.17, 15) is 9.59 Å². The van der Waals surface area contributed by atoms with E-state index >= 15 is 0 Å². The Morgan fingerprint density at radius 1 is 1.35 bits per heavy atom. The Morgan fingerprint density at radius 3 is 2.80 bits per heavy atom. The summed E-state index contributed by atoms with van der Waals surface area (Å²) in [5, 5.41) is 6.02. The summed E-state index contributed by atoms with van der Waals surface area (Å²) >= 11 is 0. The van der Waals surface area contributed by atoms with Crippen molar-refractivity contribution in [3.8, 4) is 0 Å². The van der Waals surface area contributed by atoms with E-state index in [2.05, 4.69) is 10.6 Å². The number of fused-ring (bicyclic) bond motifs is 1. The third-order valence-electron chi connectivity index (χ3n) is 4.23. The van der Waals surface area contributed by atoms with E-state index in [0.29, 0.717) is 23.7 Å². The van der Waals surface area contributed by atoms with Crippen molar-refractivity contribution in [1.29, 1.82) is 0 Å². The molecule has 5 heteroatoms. The molecule has 1 fully saturated rings. The maximum Gasteiger partial charge on any atom is 0.253 e. The highest BCUT2D eigenvalue weighted by atomic mass is 16.2. The van der Waals surface area contributed by atoms with Crippen LogP contribution >= 0.6 is 0 Å². The molecule has 0 aromatic heterocycles. The highest BCUT2D eigenvalue weighted by molar-refractivity contribution is 6.02. The van der Waals surface area contributed by atoms with Gasteiger partial charge in [0.2, 0.25) is 0 Å². The molecule has 2 aliphatic rings. The van der Waals surface area contributed by atoms with Crippen LogP contribution in [0, 0.1) is 0 Å². The Bertz CT molecular complexity index is 548. The first kappa shape index (κ1) is 13.1. The zero-order chi connectivity index (χ0) is 14.1. The van der Waals surface area contributed by atoms with E-state index in [-0.39, 0.29) is 11.8 Å². The summed E-state index contributed by atoms with van der Waals surface area (Å²) in [4.78, 5) is 26.0. The Morgan fingerprint density at radius 2 is 2.10 bits per heavy atom. The number of rotatable bonds is 2. The Labute approximate surface area is 118 Å². The van der Waals surface area contributed by atoms with E-state index in [0.717, 1.165) is 31.5 Å². The quantitative estimate of drug-likeness (QED) is 0.836. The molecular formula is C15H19N3O2. The van der Waals surface area contributed by atoms with Crippen LogP contribution in [0.5, 0.6) is 0 Å². The number of amides is 2. The van der Waals surface area contributed by atoms with Gasteiger partial charge < -0.3 is 15.5 Å². The van der Waals surface area contributed by atoms with Crippen LogP contribution < -0.4 is 10.6 Å². The lowest BCUT2D eigenvalue weighted by molar-refractivity contribution is 0.0707. The molecule has 1 aromatic carbocycles. The van der Waals surface area contributed by atoms with Gasteiger partial charge in [-0.25, -0.2) is 0 Å². The zero-order valence-electron chi connectivity index (χ0n) is 11.6. The standard InChI is InChI=1S/C15H19N3O2/c1-16-12-4-6-18(7-5-12)15(20)10-2-3-11-9-17-14(19)13(11)8-10/h2-3,8,12,16H,4-7,9H2,1H3,(H,17,19). The highest BCUT2D eigenvalue weighted by Crippen LogP contribution is 2.20. The summed E-state index contributed by atoms with van der Waals surface area (Å²) in [5.74, 6) is -0.0504. The molecule has 3 rings (SSSR count). The van der Waals surface area contributed by atoms with Gasteiger partial charge in [-0.2, -0.15) is 0 Å². The van der Waals surface area contributed by atoms with Crippen molar-refractivity contribution in [3.63, 3.8) is 0 Å². The Hall–Kier alpha value is -1.88. The average Bonchev–Trinajstić information content (AvgIpc) is 2.87. The molecule has 0 saturated carbocycles. The minimum Gasteiger partial charge on any atom is -0.348 e. The van der Waals surface area contributed by atoms with Crippen molar-refractivity contribution in [1.82, 2.24) is 15.5 Å². The van der Waals surface area contributed by atoms with Gasteiger partial charge in [0, 0.05) is 36.8 Å². The molecule has 5 nitrogen and oxygen atoms in total. The van der Waals surface area contributed by atoms with E-state index in [1.165, 1.54) is 0 Å². The summed E-state index contributed by atoms with van der Waals surface area (Å²) in [5.41, 5.74) is 2.23. The minimum atomic E-state index is -0.0801. The number of nitrogens with one attached hydrogen (secondary N) is 2. The van der Waals surface area contributed by atoms with Gasteiger partial charge in [-0.3, -0.25) is 9.59 Å². The molecule has 0 bridgehead atoms. The van der Waals surface area contributed by atoms with E-state index in [1.54, 1.807) is 6.07 Å². The molecule has 1 saturated heterocycles. The molecular weight excluding hydrogens is 254 g/mol. The monoisotopic (exact) mass is 273 g/mol. The van der Waals surface area contributed by atoms with E-state index in [1.807, 2.05) is 24.1 Å². The Kier molecular flexibility index (Phi) is 3.44. The van der Waals surface area contributed by atoms with E-state index in [4.69, 9.17) is 0 Å². The van der Waals surface area contributed by atoms with Crippen LogP contribution in [0.1, 0.15) is 39.1 Å². The summed E-state index contributed by atoms with van der Waals surface area (Å²) in [7, 11) is 1.96. The number of benzene rings is 1. The predicted octanol–water partition coefficient (Wildman–Crippen LogP) is 0.754. The van der Waals surface area contributed by atoms with Crippen LogP contribution in [0.3, 0.4) is 0 Å². The smallest absolute Gasteiger partial charge is 0.253 e. The third kappa shape index (κ3) is 2.29. The third-order valence-corrected chi connectivity index (χ3v) is 4.23. The van der Waals surface area contributed by atoms with Gasteiger partial charge in [-0.15, -0.1) is 0 Å².